The molecule has 18 heavy (non-hydrogen) atoms. The molecular weight excluding hydrogens is 266 g/mol. The zero-order valence-corrected chi connectivity index (χ0v) is 13.0. The van der Waals surface area contributed by atoms with Gasteiger partial charge < -0.3 is 4.90 Å². The highest BCUT2D eigenvalue weighted by Crippen LogP contribution is 2.35. The summed E-state index contributed by atoms with van der Waals surface area (Å²) in [6, 6.07) is 1.87. The smallest absolute Gasteiger partial charge is 0.190 e. The maximum Gasteiger partial charge on any atom is 0.190 e. The van der Waals surface area contributed by atoms with Crippen LogP contribution in [0.3, 0.4) is 0 Å². The molecule has 0 radical (unpaired) electrons. The third kappa shape index (κ3) is 3.09. The molecular formula is C13H20ClN3S. The quantitative estimate of drug-likeness (QED) is 0.470. The maximum absolute atomic E-state index is 6.04. The van der Waals surface area contributed by atoms with E-state index in [0.717, 1.165) is 24.1 Å². The van der Waals surface area contributed by atoms with Crippen molar-refractivity contribution >= 4 is 29.2 Å². The fraction of sp³-hybridized carbons (Fsp3) is 0.692. The highest BCUT2D eigenvalue weighted by molar-refractivity contribution is 7.98. The number of hydrogen-bond donors (Lipinski definition) is 0. The molecule has 0 spiro atoms. The Labute approximate surface area is 118 Å². The summed E-state index contributed by atoms with van der Waals surface area (Å²) in [6.45, 7) is 9.04. The molecule has 1 aliphatic heterocycles. The Hall–Kier alpha value is -0.480. The summed E-state index contributed by atoms with van der Waals surface area (Å²) in [5.74, 6) is 1.68. The highest BCUT2D eigenvalue weighted by atomic mass is 35.5. The lowest BCUT2D eigenvalue weighted by Crippen LogP contribution is -2.26. The van der Waals surface area contributed by atoms with E-state index in [1.807, 2.05) is 12.3 Å². The SMILES string of the molecule is CSc1nc(Cl)cc(N2CCC(C(C)(C)C)C2)n1. The van der Waals surface area contributed by atoms with E-state index in [9.17, 15) is 0 Å². The first kappa shape index (κ1) is 13.9. The Morgan fingerprint density at radius 2 is 2.11 bits per heavy atom. The fourth-order valence-electron chi connectivity index (χ4n) is 2.31. The van der Waals surface area contributed by atoms with Gasteiger partial charge in [0.2, 0.25) is 0 Å². The van der Waals surface area contributed by atoms with Crippen LogP contribution in [0.15, 0.2) is 11.2 Å². The van der Waals surface area contributed by atoms with Gasteiger partial charge in [-0.05, 0) is 24.0 Å². The minimum atomic E-state index is 0.355. The van der Waals surface area contributed by atoms with E-state index in [-0.39, 0.29) is 0 Å². The molecule has 1 fully saturated rings. The predicted octanol–water partition coefficient (Wildman–Crippen LogP) is 3.72. The Kier molecular flexibility index (Phi) is 4.07. The molecule has 2 rings (SSSR count). The van der Waals surface area contributed by atoms with E-state index < -0.39 is 0 Å². The first-order valence-corrected chi connectivity index (χ1v) is 7.84. The molecule has 0 amide bonds. The van der Waals surface area contributed by atoms with Gasteiger partial charge in [0.25, 0.3) is 0 Å². The van der Waals surface area contributed by atoms with Crippen LogP contribution in [-0.2, 0) is 0 Å². The monoisotopic (exact) mass is 285 g/mol. The minimum Gasteiger partial charge on any atom is -0.356 e. The average molecular weight is 286 g/mol. The molecule has 0 bridgehead atoms. The molecule has 1 aliphatic rings. The van der Waals surface area contributed by atoms with Crippen molar-refractivity contribution in [3.8, 4) is 0 Å². The van der Waals surface area contributed by atoms with Crippen molar-refractivity contribution < 1.29 is 0 Å². The standard InChI is InChI=1S/C13H20ClN3S/c1-13(2,3)9-5-6-17(8-9)11-7-10(14)15-12(16-11)18-4/h7,9H,5-6,8H2,1-4H3. The molecule has 0 saturated carbocycles. The zero-order chi connectivity index (χ0) is 13.3. The van der Waals surface area contributed by atoms with Crippen molar-refractivity contribution in [1.82, 2.24) is 9.97 Å². The first-order chi connectivity index (χ1) is 8.40. The molecule has 0 N–H and O–H groups in total. The second-order valence-electron chi connectivity index (χ2n) is 5.83. The molecule has 1 aromatic heterocycles. The lowest BCUT2D eigenvalue weighted by atomic mass is 9.80. The van der Waals surface area contributed by atoms with Gasteiger partial charge in [0.15, 0.2) is 5.16 Å². The summed E-state index contributed by atoms with van der Waals surface area (Å²) in [5, 5.41) is 1.28. The Morgan fingerprint density at radius 3 is 2.67 bits per heavy atom. The summed E-state index contributed by atoms with van der Waals surface area (Å²) in [5.41, 5.74) is 0.355. The predicted molar refractivity (Wildman–Crippen MR) is 78.6 cm³/mol. The first-order valence-electron chi connectivity index (χ1n) is 6.23. The number of hydrogen-bond acceptors (Lipinski definition) is 4. The topological polar surface area (TPSA) is 29.0 Å². The van der Waals surface area contributed by atoms with Gasteiger partial charge in [-0.25, -0.2) is 9.97 Å². The molecule has 1 atom stereocenters. The second kappa shape index (κ2) is 5.25. The van der Waals surface area contributed by atoms with Crippen molar-refractivity contribution in [1.29, 1.82) is 0 Å². The van der Waals surface area contributed by atoms with Crippen LogP contribution in [-0.4, -0.2) is 29.3 Å². The van der Waals surface area contributed by atoms with E-state index in [1.165, 1.54) is 18.2 Å². The zero-order valence-electron chi connectivity index (χ0n) is 11.4. The van der Waals surface area contributed by atoms with E-state index in [0.29, 0.717) is 16.5 Å². The van der Waals surface area contributed by atoms with E-state index in [4.69, 9.17) is 11.6 Å². The van der Waals surface area contributed by atoms with Crippen LogP contribution < -0.4 is 4.90 Å². The third-order valence-corrected chi connectivity index (χ3v) is 4.32. The van der Waals surface area contributed by atoms with Crippen LogP contribution in [0.1, 0.15) is 27.2 Å². The summed E-state index contributed by atoms with van der Waals surface area (Å²) in [7, 11) is 0. The van der Waals surface area contributed by atoms with E-state index >= 15 is 0 Å². The van der Waals surface area contributed by atoms with Crippen molar-refractivity contribution in [2.45, 2.75) is 32.3 Å². The normalized spacial score (nSPS) is 20.5. The molecule has 0 aromatic carbocycles. The Morgan fingerprint density at radius 1 is 1.39 bits per heavy atom. The number of nitrogens with zero attached hydrogens (tertiary/aromatic N) is 3. The van der Waals surface area contributed by atoms with Crippen molar-refractivity contribution in [2.75, 3.05) is 24.2 Å². The average Bonchev–Trinajstić information content (AvgIpc) is 2.77. The van der Waals surface area contributed by atoms with Crippen LogP contribution >= 0.6 is 23.4 Å². The Balaban J connectivity index is 2.16. The van der Waals surface area contributed by atoms with Gasteiger partial charge in [0.1, 0.15) is 11.0 Å². The molecule has 3 nitrogen and oxygen atoms in total. The van der Waals surface area contributed by atoms with Crippen LogP contribution in [0.25, 0.3) is 0 Å². The minimum absolute atomic E-state index is 0.355. The van der Waals surface area contributed by atoms with Crippen LogP contribution in [0.5, 0.6) is 0 Å². The van der Waals surface area contributed by atoms with Gasteiger partial charge >= 0.3 is 0 Å². The molecule has 5 heteroatoms. The lowest BCUT2D eigenvalue weighted by Gasteiger charge is -2.27. The number of rotatable bonds is 2. The third-order valence-electron chi connectivity index (χ3n) is 3.58. The molecule has 100 valence electrons. The second-order valence-corrected chi connectivity index (χ2v) is 6.99. The molecule has 2 heterocycles. The summed E-state index contributed by atoms with van der Waals surface area (Å²) >= 11 is 7.57. The lowest BCUT2D eigenvalue weighted by molar-refractivity contribution is 0.263. The number of halogens is 1. The van der Waals surface area contributed by atoms with Crippen LogP contribution in [0, 0.1) is 11.3 Å². The van der Waals surface area contributed by atoms with Crippen LogP contribution in [0.2, 0.25) is 5.15 Å². The van der Waals surface area contributed by atoms with Crippen molar-refractivity contribution in [3.05, 3.63) is 11.2 Å². The highest BCUT2D eigenvalue weighted by Gasteiger charge is 2.32. The number of thioether (sulfide) groups is 1. The molecule has 1 saturated heterocycles. The number of anilines is 1. The van der Waals surface area contributed by atoms with E-state index in [2.05, 4.69) is 35.6 Å². The van der Waals surface area contributed by atoms with Gasteiger partial charge in [0.05, 0.1) is 0 Å². The largest absolute Gasteiger partial charge is 0.356 e. The van der Waals surface area contributed by atoms with Gasteiger partial charge in [-0.3, -0.25) is 0 Å². The van der Waals surface area contributed by atoms with Gasteiger partial charge in [-0.2, -0.15) is 0 Å². The maximum atomic E-state index is 6.04. The van der Waals surface area contributed by atoms with Gasteiger partial charge in [0, 0.05) is 19.2 Å². The fourth-order valence-corrected chi connectivity index (χ4v) is 2.92. The van der Waals surface area contributed by atoms with Crippen molar-refractivity contribution in [2.24, 2.45) is 11.3 Å². The van der Waals surface area contributed by atoms with Gasteiger partial charge in [-0.1, -0.05) is 44.1 Å². The summed E-state index contributed by atoms with van der Waals surface area (Å²) in [4.78, 5) is 11.0. The Bertz CT molecular complexity index is 431. The summed E-state index contributed by atoms with van der Waals surface area (Å²) < 4.78 is 0. The molecule has 0 aliphatic carbocycles. The summed E-state index contributed by atoms with van der Waals surface area (Å²) in [6.07, 6.45) is 3.19. The molecule has 1 unspecified atom stereocenters. The van der Waals surface area contributed by atoms with Crippen molar-refractivity contribution in [3.63, 3.8) is 0 Å². The van der Waals surface area contributed by atoms with E-state index in [1.54, 1.807) is 0 Å². The van der Waals surface area contributed by atoms with Gasteiger partial charge in [-0.15, -0.1) is 0 Å². The number of aromatic nitrogens is 2. The van der Waals surface area contributed by atoms with Crippen LogP contribution in [0.4, 0.5) is 5.82 Å². The molecule has 1 aromatic rings.